The molecule has 1 saturated heterocycles. The van der Waals surface area contributed by atoms with Crippen LogP contribution in [0.3, 0.4) is 0 Å². The number of Topliss-reactive ketones (excluding diaryl/α,β-unsaturated/α-hetero) is 1. The Morgan fingerprint density at radius 2 is 1.71 bits per heavy atom. The fourth-order valence-corrected chi connectivity index (χ4v) is 13.3. The van der Waals surface area contributed by atoms with Gasteiger partial charge in [0.05, 0.1) is 10.9 Å². The molecule has 0 aromatic carbocycles. The number of likely N-dealkylation sites (tertiary alicyclic amines) is 1. The quantitative estimate of drug-likeness (QED) is 0.150. The lowest BCUT2D eigenvalue weighted by Gasteiger charge is -2.49. The summed E-state index contributed by atoms with van der Waals surface area (Å²) in [5.74, 6) is -1.42. The number of urea groups is 1. The maximum Gasteiger partial charge on any atom is 0.315 e. The van der Waals surface area contributed by atoms with E-state index >= 15 is 0 Å². The molecule has 4 N–H and O–H groups in total. The molecule has 6 atom stereocenters. The number of rotatable bonds is 14. The van der Waals surface area contributed by atoms with Gasteiger partial charge in [0.2, 0.25) is 27.6 Å². The molecule has 0 radical (unpaired) electrons. The van der Waals surface area contributed by atoms with E-state index in [0.717, 1.165) is 68.4 Å². The van der Waals surface area contributed by atoms with Gasteiger partial charge in [-0.2, -0.15) is 4.31 Å². The molecule has 3 heterocycles. The summed E-state index contributed by atoms with van der Waals surface area (Å²) in [6, 6.07) is -3.87. The van der Waals surface area contributed by atoms with Gasteiger partial charge in [-0.1, -0.05) is 79.2 Å². The minimum absolute atomic E-state index is 0.0910. The van der Waals surface area contributed by atoms with Crippen molar-refractivity contribution >= 4 is 51.3 Å². The first-order chi connectivity index (χ1) is 25.9. The monoisotopic (exact) mass is 802 g/mol. The Morgan fingerprint density at radius 3 is 2.31 bits per heavy atom. The number of nitrogens with zero attached hydrogens (tertiary/aromatic N) is 2. The fraction of sp³-hybridized carbons (Fsp3) is 0.775. The first-order valence-electron chi connectivity index (χ1n) is 20.4. The SMILES string of the molecule is C=CCNC(=O)C(=O)C(CC1CCC1)NC(=O)[C@@H]1[C@@H]2[C@H](CN1C(=O)[C@@H](NC(=O)N[C@H](CN1CC3=C(CCS3)S1(=O)=O)C(C)(C)C)C1CCCCC1)CC2(C)C. The molecule has 6 aliphatic rings. The number of carbonyl (C=O) groups is 5. The van der Waals surface area contributed by atoms with Crippen LogP contribution in [0.25, 0.3) is 0 Å². The molecule has 1 unspecified atom stereocenters. The van der Waals surface area contributed by atoms with Gasteiger partial charge in [-0.3, -0.25) is 19.2 Å². The second-order valence-electron chi connectivity index (χ2n) is 18.5. The average molecular weight is 803 g/mol. The zero-order chi connectivity index (χ0) is 39.9. The Labute approximate surface area is 331 Å². The molecule has 0 aromatic heterocycles. The van der Waals surface area contributed by atoms with Gasteiger partial charge in [0.1, 0.15) is 12.1 Å². The molecule has 3 aliphatic heterocycles. The number of thioether (sulfide) groups is 1. The van der Waals surface area contributed by atoms with Gasteiger partial charge in [-0.25, -0.2) is 13.2 Å². The zero-order valence-corrected chi connectivity index (χ0v) is 34.9. The van der Waals surface area contributed by atoms with E-state index in [1.54, 1.807) is 16.7 Å². The Morgan fingerprint density at radius 1 is 1.00 bits per heavy atom. The molecule has 306 valence electrons. The lowest BCUT2D eigenvalue weighted by atomic mass is 9.55. The molecule has 0 aromatic rings. The number of amides is 5. The standard InChI is InChI=1S/C40H62N6O7S2/c1-7-17-41-36(49)34(47)27(19-24-12-11-13-24)42-35(48)33-31-26(20-40(31,5)6)21-46(33)37(50)32(25-14-9-8-10-15-25)44-38(51)43-30(39(2,3)4)23-45-22-28-29(16-18-54-28)55(45,52)53/h7,24-27,30-33H,1,8-23H2,2-6H3,(H,41,49)(H,42,48)(H2,43,44,51)/t26-,27?,30+,31-,32-,33-/m0/s1. The predicted octanol–water partition coefficient (Wildman–Crippen LogP) is 4.06. The van der Waals surface area contributed by atoms with E-state index in [2.05, 4.69) is 41.7 Å². The third-order valence-corrected chi connectivity index (χ3v) is 16.5. The normalized spacial score (nSPS) is 27.8. The minimum atomic E-state index is -3.60. The van der Waals surface area contributed by atoms with E-state index in [4.69, 9.17) is 0 Å². The maximum atomic E-state index is 14.9. The highest BCUT2D eigenvalue weighted by molar-refractivity contribution is 8.05. The van der Waals surface area contributed by atoms with Crippen LogP contribution in [0.15, 0.2) is 22.5 Å². The summed E-state index contributed by atoms with van der Waals surface area (Å²) in [7, 11) is -3.60. The highest BCUT2D eigenvalue weighted by atomic mass is 32.2. The molecule has 13 nitrogen and oxygen atoms in total. The smallest absolute Gasteiger partial charge is 0.315 e. The fourth-order valence-electron chi connectivity index (χ4n) is 9.90. The highest BCUT2D eigenvalue weighted by Gasteiger charge is 2.61. The van der Waals surface area contributed by atoms with Crippen molar-refractivity contribution in [3.05, 3.63) is 22.5 Å². The van der Waals surface area contributed by atoms with E-state index in [-0.39, 0.29) is 48.1 Å². The summed E-state index contributed by atoms with van der Waals surface area (Å²) in [5, 5.41) is 11.6. The number of nitrogens with one attached hydrogen (secondary N) is 4. The third-order valence-electron chi connectivity index (χ3n) is 13.2. The Kier molecular flexibility index (Phi) is 12.5. The highest BCUT2D eigenvalue weighted by Crippen LogP contribution is 2.57. The van der Waals surface area contributed by atoms with Crippen LogP contribution in [0.1, 0.15) is 105 Å². The average Bonchev–Trinajstić information content (AvgIpc) is 3.78. The molecule has 15 heteroatoms. The number of ketones is 1. The van der Waals surface area contributed by atoms with Crippen LogP contribution in [-0.2, 0) is 29.2 Å². The van der Waals surface area contributed by atoms with Crippen molar-refractivity contribution < 1.29 is 32.4 Å². The summed E-state index contributed by atoms with van der Waals surface area (Å²) in [6.45, 7) is 14.6. The molecule has 4 fully saturated rings. The molecule has 0 spiro atoms. The third kappa shape index (κ3) is 8.83. The van der Waals surface area contributed by atoms with Gasteiger partial charge in [-0.05, 0) is 66.6 Å². The molecule has 3 aliphatic carbocycles. The second kappa shape index (κ2) is 16.5. The molecule has 3 saturated carbocycles. The van der Waals surface area contributed by atoms with Gasteiger partial charge in [0.25, 0.3) is 5.91 Å². The van der Waals surface area contributed by atoms with E-state index in [9.17, 15) is 32.4 Å². The van der Waals surface area contributed by atoms with E-state index in [0.29, 0.717) is 30.8 Å². The number of carbonyl (C=O) groups excluding carboxylic acids is 5. The summed E-state index contributed by atoms with van der Waals surface area (Å²) in [6.07, 6.45) is 10.5. The van der Waals surface area contributed by atoms with E-state index in [1.165, 1.54) is 10.4 Å². The Hall–Kier alpha value is -2.91. The molecular formula is C40H62N6O7S2. The molecule has 6 rings (SSSR count). The second-order valence-corrected chi connectivity index (χ2v) is 21.7. The van der Waals surface area contributed by atoms with E-state index in [1.807, 2.05) is 20.8 Å². The lowest BCUT2D eigenvalue weighted by Crippen LogP contribution is -2.62. The minimum Gasteiger partial charge on any atom is -0.346 e. The molecule has 5 amide bonds. The number of fused-ring (bicyclic) bond motifs is 1. The summed E-state index contributed by atoms with van der Waals surface area (Å²) >= 11 is 1.58. The topological polar surface area (TPSA) is 174 Å². The van der Waals surface area contributed by atoms with Gasteiger partial charge in [0.15, 0.2) is 0 Å². The Balaban J connectivity index is 1.21. The first-order valence-corrected chi connectivity index (χ1v) is 22.8. The molecular weight excluding hydrogens is 741 g/mol. The van der Waals surface area contributed by atoms with E-state index < -0.39 is 63.2 Å². The van der Waals surface area contributed by atoms with Crippen LogP contribution in [0.4, 0.5) is 4.79 Å². The number of hydrogen-bond acceptors (Lipinski definition) is 8. The maximum absolute atomic E-state index is 14.9. The predicted molar refractivity (Wildman–Crippen MR) is 213 cm³/mol. The van der Waals surface area contributed by atoms with Crippen molar-refractivity contribution in [2.75, 3.05) is 31.9 Å². The summed E-state index contributed by atoms with van der Waals surface area (Å²) < 4.78 is 28.2. The van der Waals surface area contributed by atoms with Crippen LogP contribution in [-0.4, -0.2) is 103 Å². The van der Waals surface area contributed by atoms with Crippen LogP contribution in [0.2, 0.25) is 0 Å². The summed E-state index contributed by atoms with van der Waals surface area (Å²) in [4.78, 5) is 72.7. The van der Waals surface area contributed by atoms with Crippen LogP contribution < -0.4 is 21.3 Å². The molecule has 55 heavy (non-hydrogen) atoms. The van der Waals surface area contributed by atoms with Gasteiger partial charge >= 0.3 is 6.03 Å². The largest absolute Gasteiger partial charge is 0.346 e. The van der Waals surface area contributed by atoms with Crippen molar-refractivity contribution in [1.29, 1.82) is 0 Å². The van der Waals surface area contributed by atoms with Crippen molar-refractivity contribution in [2.24, 2.45) is 34.5 Å². The Bertz CT molecular complexity index is 1680. The number of hydrogen-bond donors (Lipinski definition) is 4. The number of allylic oxidation sites excluding steroid dienone is 1. The number of sulfonamides is 1. The first kappa shape index (κ1) is 41.7. The van der Waals surface area contributed by atoms with Crippen LogP contribution in [0.5, 0.6) is 0 Å². The lowest BCUT2D eigenvalue weighted by molar-refractivity contribution is -0.145. The van der Waals surface area contributed by atoms with Crippen molar-refractivity contribution in [2.45, 2.75) is 129 Å². The summed E-state index contributed by atoms with van der Waals surface area (Å²) in [5.41, 5.74) is -0.735. The van der Waals surface area contributed by atoms with Crippen LogP contribution >= 0.6 is 11.8 Å². The zero-order valence-electron chi connectivity index (χ0n) is 33.3. The van der Waals surface area contributed by atoms with Gasteiger partial charge in [-0.15, -0.1) is 18.3 Å². The van der Waals surface area contributed by atoms with Crippen molar-refractivity contribution in [3.8, 4) is 0 Å². The molecule has 0 bridgehead atoms. The van der Waals surface area contributed by atoms with Gasteiger partial charge in [0, 0.05) is 42.9 Å². The van der Waals surface area contributed by atoms with Crippen LogP contribution in [0, 0.1) is 34.5 Å². The van der Waals surface area contributed by atoms with Gasteiger partial charge < -0.3 is 26.2 Å². The van der Waals surface area contributed by atoms with Crippen molar-refractivity contribution in [3.63, 3.8) is 0 Å². The van der Waals surface area contributed by atoms with Crippen molar-refractivity contribution in [1.82, 2.24) is 30.5 Å².